The first-order valence-corrected chi connectivity index (χ1v) is 8.15. The van der Waals surface area contributed by atoms with Gasteiger partial charge >= 0.3 is 17.9 Å². The van der Waals surface area contributed by atoms with E-state index in [1.165, 1.54) is 0 Å². The molecule has 3 aliphatic carbocycles. The van der Waals surface area contributed by atoms with E-state index < -0.39 is 30.4 Å². The molecule has 0 spiro atoms. The van der Waals surface area contributed by atoms with Crippen LogP contribution in [-0.4, -0.2) is 29.1 Å². The summed E-state index contributed by atoms with van der Waals surface area (Å²) >= 11 is 0. The zero-order valence-electron chi connectivity index (χ0n) is 12.4. The van der Waals surface area contributed by atoms with Gasteiger partial charge in [-0.1, -0.05) is 12.2 Å². The summed E-state index contributed by atoms with van der Waals surface area (Å²) in [5, 5.41) is 9.44. The largest absolute Gasteiger partial charge is 0.449 e. The highest BCUT2D eigenvalue weighted by Gasteiger charge is 2.76. The molecule has 4 rings (SSSR count). The van der Waals surface area contributed by atoms with Gasteiger partial charge in [-0.2, -0.15) is 13.2 Å². The lowest BCUT2D eigenvalue weighted by Crippen LogP contribution is -2.56. The fraction of sp³-hybridized carbons (Fsp3) is 0.875. The Balaban J connectivity index is 1.51. The van der Waals surface area contributed by atoms with Crippen LogP contribution in [0.25, 0.3) is 0 Å². The van der Waals surface area contributed by atoms with Crippen molar-refractivity contribution in [3.05, 3.63) is 12.2 Å². The van der Waals surface area contributed by atoms with Gasteiger partial charge in [0.1, 0.15) is 0 Å². The molecule has 1 heterocycles. The molecule has 0 radical (unpaired) electrons. The van der Waals surface area contributed by atoms with Gasteiger partial charge in [0.2, 0.25) is 0 Å². The number of ether oxygens (including phenoxy) is 1. The fourth-order valence-electron chi connectivity index (χ4n) is 5.29. The van der Waals surface area contributed by atoms with Crippen LogP contribution in [0.4, 0.5) is 22.0 Å². The third-order valence-electron chi connectivity index (χ3n) is 6.43. The van der Waals surface area contributed by atoms with Crippen molar-refractivity contribution in [2.24, 2.45) is 29.6 Å². The molecule has 0 amide bonds. The van der Waals surface area contributed by atoms with Crippen LogP contribution in [0.5, 0.6) is 0 Å². The monoisotopic (exact) mass is 338 g/mol. The first-order chi connectivity index (χ1) is 10.6. The number of rotatable bonds is 1. The van der Waals surface area contributed by atoms with E-state index in [0.717, 1.165) is 12.8 Å². The van der Waals surface area contributed by atoms with Crippen molar-refractivity contribution in [3.8, 4) is 0 Å². The van der Waals surface area contributed by atoms with Gasteiger partial charge in [-0.15, -0.1) is 0 Å². The molecule has 0 aromatic carbocycles. The van der Waals surface area contributed by atoms with Crippen molar-refractivity contribution in [1.29, 1.82) is 0 Å². The number of hydrogen-bond acceptors (Lipinski definition) is 2. The molecule has 130 valence electrons. The Morgan fingerprint density at radius 1 is 1.00 bits per heavy atom. The lowest BCUT2D eigenvalue weighted by molar-refractivity contribution is -0.408. The van der Waals surface area contributed by atoms with Gasteiger partial charge in [-0.25, -0.2) is 8.78 Å². The average molecular weight is 338 g/mol. The SMILES string of the molecule is OC1(C(F)(F)F)OC(C2CCC3C4C=CC(C4)C3C2)CC1(F)F. The van der Waals surface area contributed by atoms with Crippen LogP contribution in [0.2, 0.25) is 0 Å². The summed E-state index contributed by atoms with van der Waals surface area (Å²) in [4.78, 5) is 0. The van der Waals surface area contributed by atoms with E-state index in [9.17, 15) is 27.1 Å². The zero-order chi connectivity index (χ0) is 16.6. The van der Waals surface area contributed by atoms with Crippen LogP contribution in [0, 0.1) is 29.6 Å². The van der Waals surface area contributed by atoms with Crippen LogP contribution >= 0.6 is 0 Å². The maximum absolute atomic E-state index is 13.8. The molecular weight excluding hydrogens is 319 g/mol. The summed E-state index contributed by atoms with van der Waals surface area (Å²) in [5.74, 6) is -7.13. The van der Waals surface area contributed by atoms with Crippen LogP contribution in [0.1, 0.15) is 32.1 Å². The van der Waals surface area contributed by atoms with E-state index in [1.54, 1.807) is 0 Å². The smallest absolute Gasteiger partial charge is 0.354 e. The summed E-state index contributed by atoms with van der Waals surface area (Å²) in [5.41, 5.74) is 0. The van der Waals surface area contributed by atoms with E-state index in [1.807, 2.05) is 0 Å². The average Bonchev–Trinajstić information content (AvgIpc) is 3.11. The molecule has 7 atom stereocenters. The fourth-order valence-corrected chi connectivity index (χ4v) is 5.29. The first kappa shape index (κ1) is 15.8. The summed E-state index contributed by atoms with van der Waals surface area (Å²) in [6.45, 7) is 0. The van der Waals surface area contributed by atoms with Gasteiger partial charge in [0.05, 0.1) is 6.10 Å². The van der Waals surface area contributed by atoms with Crippen LogP contribution in [0.3, 0.4) is 0 Å². The van der Waals surface area contributed by atoms with Gasteiger partial charge in [0, 0.05) is 6.42 Å². The molecule has 0 aromatic rings. The summed E-state index contributed by atoms with van der Waals surface area (Å²) in [6.07, 6.45) is -0.295. The van der Waals surface area contributed by atoms with E-state index in [4.69, 9.17) is 0 Å². The van der Waals surface area contributed by atoms with E-state index >= 15 is 0 Å². The van der Waals surface area contributed by atoms with Crippen LogP contribution in [0.15, 0.2) is 12.2 Å². The summed E-state index contributed by atoms with van der Waals surface area (Å²) < 4.78 is 70.7. The highest BCUT2D eigenvalue weighted by molar-refractivity contribution is 5.15. The molecule has 2 nitrogen and oxygen atoms in total. The Labute approximate surface area is 130 Å². The second kappa shape index (κ2) is 4.69. The highest BCUT2D eigenvalue weighted by Crippen LogP contribution is 2.58. The molecule has 2 bridgehead atoms. The predicted octanol–water partition coefficient (Wildman–Crippen LogP) is 3.90. The third kappa shape index (κ3) is 2.11. The van der Waals surface area contributed by atoms with Crippen LogP contribution < -0.4 is 0 Å². The topological polar surface area (TPSA) is 29.5 Å². The minimum absolute atomic E-state index is 0.341. The standard InChI is InChI=1S/C16H19F5O2/c17-14(18)7-13(23-15(14,22)16(19,20)21)10-3-4-11-8-1-2-9(5-8)12(11)6-10/h1-2,8-13,22H,3-7H2. The quantitative estimate of drug-likeness (QED) is 0.580. The molecular formula is C16H19F5O2. The molecule has 1 saturated heterocycles. The Morgan fingerprint density at radius 3 is 2.26 bits per heavy atom. The zero-order valence-corrected chi connectivity index (χ0v) is 12.4. The molecule has 1 aliphatic heterocycles. The second-order valence-corrected chi connectivity index (χ2v) is 7.56. The Kier molecular flexibility index (Phi) is 3.22. The lowest BCUT2D eigenvalue weighted by atomic mass is 9.68. The maximum Gasteiger partial charge on any atom is 0.449 e. The van der Waals surface area contributed by atoms with Gasteiger partial charge in [-0.3, -0.25) is 0 Å². The van der Waals surface area contributed by atoms with Gasteiger partial charge in [-0.05, 0) is 55.3 Å². The minimum Gasteiger partial charge on any atom is -0.354 e. The van der Waals surface area contributed by atoms with Gasteiger partial charge < -0.3 is 9.84 Å². The van der Waals surface area contributed by atoms with Gasteiger partial charge in [0.15, 0.2) is 0 Å². The van der Waals surface area contributed by atoms with Crippen molar-refractivity contribution in [3.63, 3.8) is 0 Å². The number of halogens is 5. The molecule has 3 fully saturated rings. The second-order valence-electron chi connectivity index (χ2n) is 7.56. The van der Waals surface area contributed by atoms with E-state index in [-0.39, 0.29) is 5.92 Å². The number of hydrogen-bond donors (Lipinski definition) is 1. The van der Waals surface area contributed by atoms with Gasteiger partial charge in [0.25, 0.3) is 0 Å². The molecule has 23 heavy (non-hydrogen) atoms. The van der Waals surface area contributed by atoms with E-state index in [2.05, 4.69) is 16.9 Å². The predicted molar refractivity (Wildman–Crippen MR) is 70.5 cm³/mol. The summed E-state index contributed by atoms with van der Waals surface area (Å²) in [6, 6.07) is 0. The molecule has 1 N–H and O–H groups in total. The van der Waals surface area contributed by atoms with Crippen molar-refractivity contribution >= 4 is 0 Å². The normalized spacial score (nSPS) is 51.2. The summed E-state index contributed by atoms with van der Waals surface area (Å²) in [7, 11) is 0. The third-order valence-corrected chi connectivity index (χ3v) is 6.43. The number of fused-ring (bicyclic) bond motifs is 5. The highest BCUT2D eigenvalue weighted by atomic mass is 19.4. The molecule has 7 unspecified atom stereocenters. The molecule has 0 aromatic heterocycles. The Morgan fingerprint density at radius 2 is 1.65 bits per heavy atom. The number of aliphatic hydroxyl groups is 1. The first-order valence-electron chi connectivity index (χ1n) is 8.15. The van der Waals surface area contributed by atoms with Crippen molar-refractivity contribution in [2.45, 2.75) is 56.1 Å². The number of alkyl halides is 5. The minimum atomic E-state index is -5.50. The molecule has 2 saturated carbocycles. The van der Waals surface area contributed by atoms with Crippen molar-refractivity contribution in [1.82, 2.24) is 0 Å². The van der Waals surface area contributed by atoms with E-state index in [0.29, 0.717) is 36.5 Å². The number of allylic oxidation sites excluding steroid dienone is 2. The molecule has 4 aliphatic rings. The molecule has 7 heteroatoms. The Bertz CT molecular complexity index is 531. The lowest BCUT2D eigenvalue weighted by Gasteiger charge is -2.39. The van der Waals surface area contributed by atoms with Crippen molar-refractivity contribution < 1.29 is 31.8 Å². The Hall–Kier alpha value is -0.690. The van der Waals surface area contributed by atoms with Crippen LogP contribution in [-0.2, 0) is 4.74 Å². The maximum atomic E-state index is 13.8. The van der Waals surface area contributed by atoms with Crippen molar-refractivity contribution in [2.75, 3.05) is 0 Å².